The molecule has 2 N–H and O–H groups in total. The number of esters is 1. The van der Waals surface area contributed by atoms with E-state index in [9.17, 15) is 9.59 Å². The summed E-state index contributed by atoms with van der Waals surface area (Å²) in [5, 5.41) is 0. The highest BCUT2D eigenvalue weighted by Crippen LogP contribution is 2.31. The van der Waals surface area contributed by atoms with Crippen LogP contribution in [0.1, 0.15) is 29.8 Å². The van der Waals surface area contributed by atoms with Crippen molar-refractivity contribution in [2.24, 2.45) is 5.92 Å². The van der Waals surface area contributed by atoms with Gasteiger partial charge in [-0.15, -0.1) is 0 Å². The van der Waals surface area contributed by atoms with Crippen LogP contribution in [0.15, 0.2) is 36.5 Å². The molecule has 130 valence electrons. The molecule has 1 atom stereocenters. The number of nitrogens with two attached hydrogens (primary N) is 1. The largest absolute Gasteiger partial charge is 0.467 e. The number of rotatable bonds is 4. The summed E-state index contributed by atoms with van der Waals surface area (Å²) in [5.41, 5.74) is 8.92. The van der Waals surface area contributed by atoms with Crippen molar-refractivity contribution in [1.29, 1.82) is 0 Å². The SMILES string of the molecule is COC(=O)[C@H](C(C)C)N1Cc2ccc(-c3ccc(N)nc3)cc2C1=O. The molecule has 1 aliphatic heterocycles. The van der Waals surface area contributed by atoms with Gasteiger partial charge in [-0.25, -0.2) is 9.78 Å². The average Bonchev–Trinajstić information content (AvgIpc) is 2.91. The molecule has 0 bridgehead atoms. The van der Waals surface area contributed by atoms with Crippen LogP contribution in [0.3, 0.4) is 0 Å². The van der Waals surface area contributed by atoms with Gasteiger partial charge in [-0.1, -0.05) is 26.0 Å². The first kappa shape index (κ1) is 17.0. The number of nitrogens with zero attached hydrogens (tertiary/aromatic N) is 2. The lowest BCUT2D eigenvalue weighted by Gasteiger charge is -2.28. The number of methoxy groups -OCH3 is 1. The van der Waals surface area contributed by atoms with E-state index >= 15 is 0 Å². The van der Waals surface area contributed by atoms with Crippen LogP contribution in [-0.4, -0.2) is 34.9 Å². The van der Waals surface area contributed by atoms with Crippen molar-refractivity contribution in [3.05, 3.63) is 47.7 Å². The quantitative estimate of drug-likeness (QED) is 0.865. The van der Waals surface area contributed by atoms with E-state index in [0.717, 1.165) is 16.7 Å². The lowest BCUT2D eigenvalue weighted by atomic mass is 10.0. The van der Waals surface area contributed by atoms with Gasteiger partial charge in [0.05, 0.1) is 7.11 Å². The Hall–Kier alpha value is -2.89. The molecule has 25 heavy (non-hydrogen) atoms. The minimum absolute atomic E-state index is 0.0357. The summed E-state index contributed by atoms with van der Waals surface area (Å²) in [6.45, 7) is 4.22. The summed E-state index contributed by atoms with van der Waals surface area (Å²) in [7, 11) is 1.34. The summed E-state index contributed by atoms with van der Waals surface area (Å²) in [6.07, 6.45) is 1.68. The first-order chi connectivity index (χ1) is 11.9. The van der Waals surface area contributed by atoms with Crippen LogP contribution in [-0.2, 0) is 16.1 Å². The fourth-order valence-corrected chi connectivity index (χ4v) is 3.18. The van der Waals surface area contributed by atoms with E-state index in [-0.39, 0.29) is 17.8 Å². The van der Waals surface area contributed by atoms with Crippen molar-refractivity contribution in [2.75, 3.05) is 12.8 Å². The van der Waals surface area contributed by atoms with Crippen molar-refractivity contribution < 1.29 is 14.3 Å². The number of nitrogen functional groups attached to an aromatic ring is 1. The first-order valence-corrected chi connectivity index (χ1v) is 8.16. The van der Waals surface area contributed by atoms with E-state index in [1.54, 1.807) is 17.2 Å². The molecule has 2 heterocycles. The van der Waals surface area contributed by atoms with Crippen LogP contribution in [0, 0.1) is 5.92 Å². The number of hydrogen-bond donors (Lipinski definition) is 1. The van der Waals surface area contributed by atoms with Crippen LogP contribution in [0.5, 0.6) is 0 Å². The van der Waals surface area contributed by atoms with Gasteiger partial charge >= 0.3 is 5.97 Å². The van der Waals surface area contributed by atoms with Gasteiger partial charge in [-0.05, 0) is 35.2 Å². The Morgan fingerprint density at radius 1 is 1.24 bits per heavy atom. The molecule has 6 nitrogen and oxygen atoms in total. The molecule has 0 saturated heterocycles. The molecule has 1 amide bonds. The van der Waals surface area contributed by atoms with Crippen molar-refractivity contribution in [2.45, 2.75) is 26.4 Å². The minimum atomic E-state index is -0.591. The summed E-state index contributed by atoms with van der Waals surface area (Å²) in [6, 6.07) is 8.72. The minimum Gasteiger partial charge on any atom is -0.467 e. The molecule has 0 unspecified atom stereocenters. The maximum Gasteiger partial charge on any atom is 0.328 e. The van der Waals surface area contributed by atoms with E-state index in [0.29, 0.717) is 17.9 Å². The van der Waals surface area contributed by atoms with Gasteiger partial charge in [-0.3, -0.25) is 4.79 Å². The zero-order valence-electron chi connectivity index (χ0n) is 14.5. The van der Waals surface area contributed by atoms with Crippen LogP contribution in [0.2, 0.25) is 0 Å². The predicted octanol–water partition coefficient (Wildman–Crippen LogP) is 2.48. The lowest BCUT2D eigenvalue weighted by Crippen LogP contribution is -2.45. The fraction of sp³-hybridized carbons (Fsp3) is 0.316. The maximum atomic E-state index is 12.9. The highest BCUT2D eigenvalue weighted by molar-refractivity contribution is 6.01. The van der Waals surface area contributed by atoms with Gasteiger partial charge in [0.15, 0.2) is 0 Å². The summed E-state index contributed by atoms with van der Waals surface area (Å²) >= 11 is 0. The molecule has 1 aromatic heterocycles. The monoisotopic (exact) mass is 339 g/mol. The van der Waals surface area contributed by atoms with Crippen LogP contribution in [0.4, 0.5) is 5.82 Å². The van der Waals surface area contributed by atoms with Crippen LogP contribution >= 0.6 is 0 Å². The maximum absolute atomic E-state index is 12.9. The average molecular weight is 339 g/mol. The normalized spacial score (nSPS) is 14.6. The van der Waals surface area contributed by atoms with Gasteiger partial charge in [-0.2, -0.15) is 0 Å². The zero-order chi connectivity index (χ0) is 18.1. The number of anilines is 1. The number of hydrogen-bond acceptors (Lipinski definition) is 5. The number of benzene rings is 1. The number of fused-ring (bicyclic) bond motifs is 1. The molecule has 0 fully saturated rings. The third-order valence-corrected chi connectivity index (χ3v) is 4.47. The van der Waals surface area contributed by atoms with Crippen molar-refractivity contribution in [1.82, 2.24) is 9.88 Å². The summed E-state index contributed by atoms with van der Waals surface area (Å²) in [5.74, 6) is -0.125. The molecule has 2 aromatic rings. The molecule has 6 heteroatoms. The number of pyridine rings is 1. The second kappa shape index (κ2) is 6.55. The Labute approximate surface area is 146 Å². The predicted molar refractivity (Wildman–Crippen MR) is 94.6 cm³/mol. The Morgan fingerprint density at radius 3 is 2.56 bits per heavy atom. The summed E-state index contributed by atoms with van der Waals surface area (Å²) in [4.78, 5) is 30.7. The lowest BCUT2D eigenvalue weighted by molar-refractivity contribution is -0.147. The Kier molecular flexibility index (Phi) is 4.44. The fourth-order valence-electron chi connectivity index (χ4n) is 3.18. The van der Waals surface area contributed by atoms with E-state index in [2.05, 4.69) is 4.98 Å². The summed E-state index contributed by atoms with van der Waals surface area (Å²) < 4.78 is 4.88. The molecule has 0 radical (unpaired) electrons. The topological polar surface area (TPSA) is 85.5 Å². The molecule has 3 rings (SSSR count). The highest BCUT2D eigenvalue weighted by atomic mass is 16.5. The third kappa shape index (κ3) is 3.07. The van der Waals surface area contributed by atoms with Gasteiger partial charge in [0.2, 0.25) is 0 Å². The Bertz CT molecular complexity index is 815. The van der Waals surface area contributed by atoms with E-state index in [4.69, 9.17) is 10.5 Å². The van der Waals surface area contributed by atoms with Crippen molar-refractivity contribution in [3.63, 3.8) is 0 Å². The molecule has 1 aliphatic rings. The van der Waals surface area contributed by atoms with Gasteiger partial charge < -0.3 is 15.4 Å². The molecule has 0 spiro atoms. The van der Waals surface area contributed by atoms with Crippen molar-refractivity contribution >= 4 is 17.7 Å². The molecule has 0 aliphatic carbocycles. The molecular weight excluding hydrogens is 318 g/mol. The van der Waals surface area contributed by atoms with E-state index < -0.39 is 6.04 Å². The second-order valence-electron chi connectivity index (χ2n) is 6.49. The van der Waals surface area contributed by atoms with Gasteiger partial charge in [0.25, 0.3) is 5.91 Å². The molecule has 0 saturated carbocycles. The highest BCUT2D eigenvalue weighted by Gasteiger charge is 2.38. The number of carbonyl (C=O) groups is 2. The van der Waals surface area contributed by atoms with Crippen LogP contribution < -0.4 is 5.73 Å². The number of amides is 1. The molecular formula is C19H21N3O3. The smallest absolute Gasteiger partial charge is 0.328 e. The number of ether oxygens (including phenoxy) is 1. The van der Waals surface area contributed by atoms with Crippen molar-refractivity contribution in [3.8, 4) is 11.1 Å². The molecule has 1 aromatic carbocycles. The second-order valence-corrected chi connectivity index (χ2v) is 6.49. The number of carbonyl (C=O) groups excluding carboxylic acids is 2. The number of aromatic nitrogens is 1. The van der Waals surface area contributed by atoms with Gasteiger partial charge in [0, 0.05) is 23.9 Å². The Morgan fingerprint density at radius 2 is 1.96 bits per heavy atom. The van der Waals surface area contributed by atoms with E-state index in [1.807, 2.05) is 38.1 Å². The third-order valence-electron chi connectivity index (χ3n) is 4.47. The first-order valence-electron chi connectivity index (χ1n) is 8.16. The van der Waals surface area contributed by atoms with E-state index in [1.165, 1.54) is 7.11 Å². The standard InChI is InChI=1S/C19H21N3O3/c1-11(2)17(19(24)25-3)22-10-14-5-4-12(8-15(14)18(22)23)13-6-7-16(20)21-9-13/h4-9,11,17H,10H2,1-3H3,(H2,20,21)/t17-/m0/s1. The zero-order valence-corrected chi connectivity index (χ0v) is 14.5. The van der Waals surface area contributed by atoms with Crippen LogP contribution in [0.25, 0.3) is 11.1 Å². The van der Waals surface area contributed by atoms with Gasteiger partial charge in [0.1, 0.15) is 11.9 Å². The Balaban J connectivity index is 1.94.